The third-order valence-corrected chi connectivity index (χ3v) is 5.26. The van der Waals surface area contributed by atoms with Gasteiger partial charge in [-0.3, -0.25) is 19.2 Å². The molecule has 1 aromatic carbocycles. The Kier molecular flexibility index (Phi) is 6.28. The molecular formula is C20H25N3O5. The number of piperidine rings is 1. The fourth-order valence-electron chi connectivity index (χ4n) is 3.82. The van der Waals surface area contributed by atoms with E-state index >= 15 is 0 Å². The fraction of sp³-hybridized carbons (Fsp3) is 0.500. The summed E-state index contributed by atoms with van der Waals surface area (Å²) in [6.45, 7) is 1.14. The smallest absolute Gasteiger partial charge is 0.303 e. The molecule has 0 spiro atoms. The van der Waals surface area contributed by atoms with Crippen LogP contribution in [0.4, 0.5) is 11.4 Å². The Morgan fingerprint density at radius 3 is 2.64 bits per heavy atom. The van der Waals surface area contributed by atoms with Gasteiger partial charge in [-0.2, -0.15) is 0 Å². The van der Waals surface area contributed by atoms with Gasteiger partial charge in [-0.25, -0.2) is 0 Å². The molecule has 2 N–H and O–H groups in total. The molecule has 2 aliphatic heterocycles. The van der Waals surface area contributed by atoms with Gasteiger partial charge in [-0.1, -0.05) is 12.1 Å². The lowest BCUT2D eigenvalue weighted by atomic mass is 9.93. The third kappa shape index (κ3) is 4.88. The molecular weight excluding hydrogens is 362 g/mol. The lowest BCUT2D eigenvalue weighted by Crippen LogP contribution is -2.43. The molecule has 8 heteroatoms. The number of nitrogens with one attached hydrogen (secondary N) is 1. The molecule has 8 nitrogen and oxygen atoms in total. The van der Waals surface area contributed by atoms with Crippen LogP contribution in [0, 0.1) is 5.92 Å². The topological polar surface area (TPSA) is 107 Å². The zero-order valence-corrected chi connectivity index (χ0v) is 15.7. The predicted octanol–water partition coefficient (Wildman–Crippen LogP) is 1.86. The van der Waals surface area contributed by atoms with Crippen molar-refractivity contribution in [3.8, 4) is 0 Å². The summed E-state index contributed by atoms with van der Waals surface area (Å²) in [5.74, 6) is -1.23. The van der Waals surface area contributed by atoms with Crippen LogP contribution in [0.5, 0.6) is 0 Å². The number of carbonyl (C=O) groups excluding carboxylic acids is 3. The second kappa shape index (κ2) is 8.86. The molecule has 3 rings (SSSR count). The number of para-hydroxylation sites is 2. The summed E-state index contributed by atoms with van der Waals surface area (Å²) in [5.41, 5.74) is 1.24. The molecule has 2 heterocycles. The van der Waals surface area contributed by atoms with E-state index in [9.17, 15) is 19.2 Å². The highest BCUT2D eigenvalue weighted by Crippen LogP contribution is 2.29. The van der Waals surface area contributed by atoms with Crippen molar-refractivity contribution in [1.82, 2.24) is 4.90 Å². The Morgan fingerprint density at radius 2 is 1.86 bits per heavy atom. The maximum Gasteiger partial charge on any atom is 0.303 e. The molecule has 0 aliphatic carbocycles. The van der Waals surface area contributed by atoms with Crippen molar-refractivity contribution in [3.63, 3.8) is 0 Å². The number of hydrogen-bond acceptors (Lipinski definition) is 4. The Bertz CT molecular complexity index is 779. The van der Waals surface area contributed by atoms with E-state index in [1.165, 1.54) is 4.90 Å². The van der Waals surface area contributed by atoms with Crippen molar-refractivity contribution in [1.29, 1.82) is 0 Å². The molecule has 3 amide bonds. The van der Waals surface area contributed by atoms with Gasteiger partial charge in [0.2, 0.25) is 17.7 Å². The molecule has 0 radical (unpaired) electrons. The number of carboxylic acid groups (broad SMARTS) is 1. The highest BCUT2D eigenvalue weighted by atomic mass is 16.4. The van der Waals surface area contributed by atoms with E-state index < -0.39 is 5.97 Å². The fourth-order valence-corrected chi connectivity index (χ4v) is 3.82. The van der Waals surface area contributed by atoms with E-state index in [0.29, 0.717) is 30.9 Å². The number of nitrogens with zero attached hydrogens (tertiary/aromatic N) is 2. The summed E-state index contributed by atoms with van der Waals surface area (Å²) in [7, 11) is 0. The van der Waals surface area contributed by atoms with Crippen LogP contribution < -0.4 is 10.2 Å². The van der Waals surface area contributed by atoms with Crippen LogP contribution in [0.3, 0.4) is 0 Å². The maximum atomic E-state index is 12.6. The van der Waals surface area contributed by atoms with Crippen LogP contribution in [-0.2, 0) is 19.2 Å². The molecule has 0 saturated carbocycles. The van der Waals surface area contributed by atoms with Crippen molar-refractivity contribution in [3.05, 3.63) is 24.3 Å². The first-order valence-electron chi connectivity index (χ1n) is 9.63. The predicted molar refractivity (Wildman–Crippen MR) is 103 cm³/mol. The number of carbonyl (C=O) groups is 4. The van der Waals surface area contributed by atoms with Crippen molar-refractivity contribution in [2.24, 2.45) is 5.92 Å². The van der Waals surface area contributed by atoms with Gasteiger partial charge in [0.1, 0.15) is 6.54 Å². The molecule has 1 aromatic rings. The Balaban J connectivity index is 1.54. The van der Waals surface area contributed by atoms with Crippen LogP contribution in [0.1, 0.15) is 38.5 Å². The first kappa shape index (κ1) is 19.9. The Morgan fingerprint density at radius 1 is 1.11 bits per heavy atom. The number of likely N-dealkylation sites (tertiary alicyclic amines) is 1. The van der Waals surface area contributed by atoms with Crippen LogP contribution in [0.15, 0.2) is 24.3 Å². The Hall–Kier alpha value is -2.90. The zero-order chi connectivity index (χ0) is 20.1. The molecule has 1 saturated heterocycles. The van der Waals surface area contributed by atoms with Gasteiger partial charge in [-0.15, -0.1) is 0 Å². The molecule has 1 unspecified atom stereocenters. The summed E-state index contributed by atoms with van der Waals surface area (Å²) < 4.78 is 0. The minimum Gasteiger partial charge on any atom is -0.481 e. The normalized spacial score (nSPS) is 19.0. The lowest BCUT2D eigenvalue weighted by Gasteiger charge is -2.33. The van der Waals surface area contributed by atoms with E-state index in [2.05, 4.69) is 5.32 Å². The van der Waals surface area contributed by atoms with Gasteiger partial charge in [-0.05, 0) is 37.3 Å². The molecule has 2 aliphatic rings. The number of anilines is 2. The third-order valence-electron chi connectivity index (χ3n) is 5.26. The SMILES string of the molecule is O=C(O)CCC1CCCN(C(=O)CCC(=O)N2CC(=O)Nc3ccccc32)C1. The van der Waals surface area contributed by atoms with Crippen LogP contribution >= 0.6 is 0 Å². The van der Waals surface area contributed by atoms with E-state index in [1.807, 2.05) is 0 Å². The molecule has 150 valence electrons. The Labute approximate surface area is 163 Å². The van der Waals surface area contributed by atoms with Crippen molar-refractivity contribution < 1.29 is 24.3 Å². The average Bonchev–Trinajstić information content (AvgIpc) is 2.69. The molecule has 0 bridgehead atoms. The van der Waals surface area contributed by atoms with E-state index in [-0.39, 0.29) is 49.4 Å². The average molecular weight is 387 g/mol. The highest BCUT2D eigenvalue weighted by molar-refractivity contribution is 6.10. The summed E-state index contributed by atoms with van der Waals surface area (Å²) in [5, 5.41) is 11.6. The molecule has 1 fully saturated rings. The molecule has 1 atom stereocenters. The van der Waals surface area contributed by atoms with Gasteiger partial charge in [0, 0.05) is 32.4 Å². The number of rotatable bonds is 6. The number of hydrogen-bond donors (Lipinski definition) is 2. The minimum atomic E-state index is -0.820. The highest BCUT2D eigenvalue weighted by Gasteiger charge is 2.28. The van der Waals surface area contributed by atoms with Crippen molar-refractivity contribution >= 4 is 35.1 Å². The van der Waals surface area contributed by atoms with Gasteiger partial charge in [0.15, 0.2) is 0 Å². The van der Waals surface area contributed by atoms with Crippen molar-refractivity contribution in [2.45, 2.75) is 38.5 Å². The first-order valence-corrected chi connectivity index (χ1v) is 9.63. The number of aliphatic carboxylic acids is 1. The molecule has 28 heavy (non-hydrogen) atoms. The quantitative estimate of drug-likeness (QED) is 0.775. The van der Waals surface area contributed by atoms with E-state index in [0.717, 1.165) is 12.8 Å². The zero-order valence-electron chi connectivity index (χ0n) is 15.7. The van der Waals surface area contributed by atoms with E-state index in [1.54, 1.807) is 29.2 Å². The number of fused-ring (bicyclic) bond motifs is 1. The number of carboxylic acids is 1. The summed E-state index contributed by atoms with van der Waals surface area (Å²) >= 11 is 0. The standard InChI is InChI=1S/C20H25N3O5/c24-17-13-23(16-6-2-1-5-15(16)21-17)19(26)9-8-18(25)22-11-3-4-14(12-22)7-10-20(27)28/h1-2,5-6,14H,3-4,7-13H2,(H,21,24)(H,27,28). The summed E-state index contributed by atoms with van der Waals surface area (Å²) in [4.78, 5) is 50.9. The number of amides is 3. The van der Waals surface area contributed by atoms with E-state index in [4.69, 9.17) is 5.11 Å². The van der Waals surface area contributed by atoms with Crippen LogP contribution in [-0.4, -0.2) is 53.3 Å². The maximum absolute atomic E-state index is 12.6. The largest absolute Gasteiger partial charge is 0.481 e. The van der Waals surface area contributed by atoms with Crippen LogP contribution in [0.2, 0.25) is 0 Å². The minimum absolute atomic E-state index is 0.0384. The second-order valence-corrected chi connectivity index (χ2v) is 7.33. The summed E-state index contributed by atoms with van der Waals surface area (Å²) in [6.07, 6.45) is 2.58. The van der Waals surface area contributed by atoms with Crippen molar-refractivity contribution in [2.75, 3.05) is 29.9 Å². The van der Waals surface area contributed by atoms with Gasteiger partial charge >= 0.3 is 5.97 Å². The first-order chi connectivity index (χ1) is 13.4. The van der Waals surface area contributed by atoms with Gasteiger partial charge in [0.05, 0.1) is 11.4 Å². The lowest BCUT2D eigenvalue weighted by molar-refractivity contribution is -0.137. The summed E-state index contributed by atoms with van der Waals surface area (Å²) in [6, 6.07) is 7.09. The monoisotopic (exact) mass is 387 g/mol. The van der Waals surface area contributed by atoms with Crippen LogP contribution in [0.25, 0.3) is 0 Å². The van der Waals surface area contributed by atoms with Gasteiger partial charge < -0.3 is 20.2 Å². The molecule has 0 aromatic heterocycles. The second-order valence-electron chi connectivity index (χ2n) is 7.33. The number of benzene rings is 1. The van der Waals surface area contributed by atoms with Gasteiger partial charge in [0.25, 0.3) is 0 Å².